The summed E-state index contributed by atoms with van der Waals surface area (Å²) in [6.45, 7) is 0. The maximum atomic E-state index is 5.28. The van der Waals surface area contributed by atoms with Gasteiger partial charge in [-0.1, -0.05) is 158 Å². The number of benzene rings is 7. The van der Waals surface area contributed by atoms with E-state index < -0.39 is 0 Å². The average Bonchev–Trinajstić information content (AvgIpc) is 3.18. The lowest BCUT2D eigenvalue weighted by Gasteiger charge is -2.16. The molecule has 0 saturated heterocycles. The van der Waals surface area contributed by atoms with Crippen LogP contribution in [-0.4, -0.2) is 19.9 Å². The highest BCUT2D eigenvalue weighted by molar-refractivity contribution is 6.25. The zero-order valence-corrected chi connectivity index (χ0v) is 26.0. The second kappa shape index (κ2) is 11.7. The van der Waals surface area contributed by atoms with Crippen LogP contribution in [0.15, 0.2) is 170 Å². The van der Waals surface area contributed by atoms with Gasteiger partial charge in [-0.15, -0.1) is 0 Å². The molecule has 0 aliphatic heterocycles. The van der Waals surface area contributed by atoms with E-state index in [1.54, 1.807) is 0 Å². The third-order valence-corrected chi connectivity index (χ3v) is 8.91. The molecule has 4 heteroatoms. The van der Waals surface area contributed by atoms with Crippen LogP contribution in [0.5, 0.6) is 0 Å². The summed E-state index contributed by atoms with van der Waals surface area (Å²) < 4.78 is 0. The van der Waals surface area contributed by atoms with Crippen molar-refractivity contribution in [1.29, 1.82) is 0 Å². The Balaban J connectivity index is 1.24. The van der Waals surface area contributed by atoms with Gasteiger partial charge >= 0.3 is 0 Å². The van der Waals surface area contributed by atoms with Gasteiger partial charge in [-0.2, -0.15) is 0 Å². The topological polar surface area (TPSA) is 51.6 Å². The van der Waals surface area contributed by atoms with Gasteiger partial charge in [0, 0.05) is 38.4 Å². The number of hydrogen-bond acceptors (Lipinski definition) is 4. The van der Waals surface area contributed by atoms with E-state index in [0.29, 0.717) is 17.5 Å². The molecule has 4 nitrogen and oxygen atoms in total. The Morgan fingerprint density at radius 2 is 0.729 bits per heavy atom. The Labute approximate surface area is 278 Å². The van der Waals surface area contributed by atoms with Crippen LogP contribution < -0.4 is 0 Å². The number of para-hydroxylation sites is 1. The normalized spacial score (nSPS) is 11.3. The van der Waals surface area contributed by atoms with Gasteiger partial charge in [0.25, 0.3) is 0 Å². The Hall–Kier alpha value is -6.52. The summed E-state index contributed by atoms with van der Waals surface area (Å²) in [7, 11) is 0. The smallest absolute Gasteiger partial charge is 0.164 e. The van der Waals surface area contributed by atoms with E-state index in [2.05, 4.69) is 109 Å². The van der Waals surface area contributed by atoms with Crippen molar-refractivity contribution in [2.75, 3.05) is 0 Å². The fraction of sp³-hybridized carbons (Fsp3) is 0. The molecule has 0 fully saturated rings. The van der Waals surface area contributed by atoms with E-state index in [-0.39, 0.29) is 0 Å². The van der Waals surface area contributed by atoms with Crippen LogP contribution in [0.2, 0.25) is 0 Å². The second-order valence-corrected chi connectivity index (χ2v) is 11.9. The fourth-order valence-corrected chi connectivity index (χ4v) is 6.61. The van der Waals surface area contributed by atoms with E-state index in [4.69, 9.17) is 19.9 Å². The van der Waals surface area contributed by atoms with Gasteiger partial charge in [-0.25, -0.2) is 19.9 Å². The first-order valence-corrected chi connectivity index (χ1v) is 16.1. The summed E-state index contributed by atoms with van der Waals surface area (Å²) in [4.78, 5) is 20.0. The van der Waals surface area contributed by atoms with Crippen LogP contribution in [0, 0.1) is 0 Å². The lowest BCUT2D eigenvalue weighted by molar-refractivity contribution is 1.07. The Kier molecular flexibility index (Phi) is 6.76. The van der Waals surface area contributed by atoms with Crippen LogP contribution in [0.3, 0.4) is 0 Å². The predicted octanol–water partition coefficient (Wildman–Crippen LogP) is 11.1. The molecule has 0 aliphatic carbocycles. The molecular weight excluding hydrogens is 585 g/mol. The first-order valence-electron chi connectivity index (χ1n) is 16.1. The Morgan fingerprint density at radius 1 is 0.292 bits per heavy atom. The molecule has 224 valence electrons. The van der Waals surface area contributed by atoms with Crippen molar-refractivity contribution < 1.29 is 0 Å². The summed E-state index contributed by atoms with van der Waals surface area (Å²) in [5.41, 5.74) is 8.14. The van der Waals surface area contributed by atoms with E-state index in [0.717, 1.165) is 44.2 Å². The van der Waals surface area contributed by atoms with E-state index >= 15 is 0 Å². The molecular formula is C44H28N4. The minimum Gasteiger partial charge on any atom is -0.247 e. The van der Waals surface area contributed by atoms with Crippen molar-refractivity contribution in [3.8, 4) is 56.5 Å². The number of fused-ring (bicyclic) bond motifs is 5. The molecule has 0 amide bonds. The second-order valence-electron chi connectivity index (χ2n) is 11.9. The lowest BCUT2D eigenvalue weighted by atomic mass is 9.90. The quantitative estimate of drug-likeness (QED) is 0.181. The van der Waals surface area contributed by atoms with Crippen LogP contribution in [0.25, 0.3) is 89.0 Å². The summed E-state index contributed by atoms with van der Waals surface area (Å²) in [5, 5.41) is 5.93. The number of aromatic nitrogens is 4. The van der Waals surface area contributed by atoms with Gasteiger partial charge in [0.05, 0.1) is 11.2 Å². The summed E-state index contributed by atoms with van der Waals surface area (Å²) in [6, 6.07) is 58.7. The minimum absolute atomic E-state index is 0.628. The number of nitrogens with zero attached hydrogens (tertiary/aromatic N) is 4. The molecule has 0 unspecified atom stereocenters. The number of rotatable bonds is 5. The van der Waals surface area contributed by atoms with Crippen LogP contribution in [0.1, 0.15) is 0 Å². The third-order valence-electron chi connectivity index (χ3n) is 8.91. The minimum atomic E-state index is 0.628. The largest absolute Gasteiger partial charge is 0.247 e. The van der Waals surface area contributed by atoms with Gasteiger partial charge in [-0.3, -0.25) is 0 Å². The third kappa shape index (κ3) is 4.88. The number of hydrogen-bond donors (Lipinski definition) is 0. The van der Waals surface area contributed by atoms with Crippen molar-refractivity contribution >= 4 is 32.4 Å². The molecule has 0 bridgehead atoms. The highest BCUT2D eigenvalue weighted by Crippen LogP contribution is 2.41. The van der Waals surface area contributed by atoms with Gasteiger partial charge in [0.15, 0.2) is 17.5 Å². The lowest BCUT2D eigenvalue weighted by Crippen LogP contribution is -2.00. The van der Waals surface area contributed by atoms with Crippen molar-refractivity contribution in [2.45, 2.75) is 0 Å². The molecule has 2 aromatic heterocycles. The van der Waals surface area contributed by atoms with Crippen LogP contribution >= 0.6 is 0 Å². The molecule has 48 heavy (non-hydrogen) atoms. The van der Waals surface area contributed by atoms with Crippen molar-refractivity contribution in [3.05, 3.63) is 170 Å². The molecule has 0 atom stereocenters. The van der Waals surface area contributed by atoms with E-state index in [1.165, 1.54) is 27.3 Å². The molecule has 0 saturated carbocycles. The summed E-state index contributed by atoms with van der Waals surface area (Å²) in [5.74, 6) is 1.92. The monoisotopic (exact) mass is 612 g/mol. The van der Waals surface area contributed by atoms with Gasteiger partial charge < -0.3 is 0 Å². The Bertz CT molecular complexity index is 2520. The highest BCUT2D eigenvalue weighted by Gasteiger charge is 2.17. The average molecular weight is 613 g/mol. The molecule has 0 radical (unpaired) electrons. The summed E-state index contributed by atoms with van der Waals surface area (Å²) in [6.07, 6.45) is 0. The maximum absolute atomic E-state index is 5.28. The molecule has 2 heterocycles. The zero-order valence-electron chi connectivity index (χ0n) is 26.0. The van der Waals surface area contributed by atoms with Crippen LogP contribution in [0.4, 0.5) is 0 Å². The molecule has 0 N–H and O–H groups in total. The summed E-state index contributed by atoms with van der Waals surface area (Å²) >= 11 is 0. The zero-order chi connectivity index (χ0) is 31.9. The van der Waals surface area contributed by atoms with E-state index in [1.807, 2.05) is 60.7 Å². The van der Waals surface area contributed by atoms with Crippen molar-refractivity contribution in [1.82, 2.24) is 19.9 Å². The highest BCUT2D eigenvalue weighted by atomic mass is 15.0. The molecule has 0 spiro atoms. The SMILES string of the molecule is c1ccc(-c2nc(-c3ccccc3)nc(-c3ccc(-c4nc5ccccc5c5c4cc(-c4ccccc4)c4ccccc45)cc3)n2)cc1. The number of pyridine rings is 1. The fourth-order valence-electron chi connectivity index (χ4n) is 6.61. The van der Waals surface area contributed by atoms with Gasteiger partial charge in [0.2, 0.25) is 0 Å². The van der Waals surface area contributed by atoms with Gasteiger partial charge in [-0.05, 0) is 34.0 Å². The van der Waals surface area contributed by atoms with Crippen LogP contribution in [-0.2, 0) is 0 Å². The maximum Gasteiger partial charge on any atom is 0.164 e. The first-order chi connectivity index (χ1) is 23.8. The van der Waals surface area contributed by atoms with E-state index in [9.17, 15) is 0 Å². The van der Waals surface area contributed by atoms with Gasteiger partial charge in [0.1, 0.15) is 0 Å². The molecule has 9 aromatic rings. The molecule has 9 rings (SSSR count). The predicted molar refractivity (Wildman–Crippen MR) is 197 cm³/mol. The molecule has 0 aliphatic rings. The standard InChI is InChI=1S/C44H28N4/c1-4-14-29(15-5-1)37-28-38-40(35-21-11-10-20-34(35)37)36-22-12-13-23-39(36)45-41(38)30-24-26-33(27-25-30)44-47-42(31-16-6-2-7-17-31)46-43(48-44)32-18-8-3-9-19-32/h1-28H. The van der Waals surface area contributed by atoms with Crippen molar-refractivity contribution in [2.24, 2.45) is 0 Å². The Morgan fingerprint density at radius 3 is 1.31 bits per heavy atom. The molecule has 7 aromatic carbocycles. The first kappa shape index (κ1) is 27.8. The van der Waals surface area contributed by atoms with Crippen molar-refractivity contribution in [3.63, 3.8) is 0 Å².